The standard InChI is InChI=1S/C11H19N3O/c1-8(3-4-15)6-13-11-9(2)5-10(12)7-14-11/h5,7-8,15H,3-4,6,12H2,1-2H3,(H,13,14). The summed E-state index contributed by atoms with van der Waals surface area (Å²) in [4.78, 5) is 4.21. The number of aryl methyl sites for hydroxylation is 1. The van der Waals surface area contributed by atoms with Crippen LogP contribution in [0, 0.1) is 12.8 Å². The van der Waals surface area contributed by atoms with Gasteiger partial charge in [-0.1, -0.05) is 6.92 Å². The third-order valence-corrected chi connectivity index (χ3v) is 2.34. The van der Waals surface area contributed by atoms with Gasteiger partial charge in [-0.15, -0.1) is 0 Å². The maximum Gasteiger partial charge on any atom is 0.129 e. The summed E-state index contributed by atoms with van der Waals surface area (Å²) in [6.07, 6.45) is 2.45. The molecule has 1 aromatic rings. The Hall–Kier alpha value is -1.29. The van der Waals surface area contributed by atoms with Crippen molar-refractivity contribution in [3.05, 3.63) is 17.8 Å². The molecule has 0 aliphatic rings. The third kappa shape index (κ3) is 3.75. The Bertz CT molecular complexity index is 315. The number of aromatic nitrogens is 1. The minimum atomic E-state index is 0.233. The zero-order valence-electron chi connectivity index (χ0n) is 9.33. The quantitative estimate of drug-likeness (QED) is 0.685. The summed E-state index contributed by atoms with van der Waals surface area (Å²) in [6.45, 7) is 5.12. The van der Waals surface area contributed by atoms with Gasteiger partial charge in [-0.05, 0) is 30.9 Å². The fraction of sp³-hybridized carbons (Fsp3) is 0.545. The van der Waals surface area contributed by atoms with Crippen LogP contribution in [0.25, 0.3) is 0 Å². The Morgan fingerprint density at radius 2 is 2.33 bits per heavy atom. The molecule has 0 aliphatic carbocycles. The second kappa shape index (κ2) is 5.56. The van der Waals surface area contributed by atoms with Crippen molar-refractivity contribution in [1.29, 1.82) is 0 Å². The first-order chi connectivity index (χ1) is 7.13. The van der Waals surface area contributed by atoms with Crippen LogP contribution in [0.2, 0.25) is 0 Å². The van der Waals surface area contributed by atoms with Gasteiger partial charge in [0, 0.05) is 13.2 Å². The molecule has 1 aromatic heterocycles. The number of nitrogens with zero attached hydrogens (tertiary/aromatic N) is 1. The molecule has 84 valence electrons. The maximum atomic E-state index is 8.76. The van der Waals surface area contributed by atoms with E-state index >= 15 is 0 Å². The van der Waals surface area contributed by atoms with Gasteiger partial charge in [-0.3, -0.25) is 0 Å². The van der Waals surface area contributed by atoms with Gasteiger partial charge >= 0.3 is 0 Å². The number of nitrogen functional groups attached to an aromatic ring is 1. The van der Waals surface area contributed by atoms with Gasteiger partial charge in [0.1, 0.15) is 5.82 Å². The van der Waals surface area contributed by atoms with Gasteiger partial charge in [0.2, 0.25) is 0 Å². The van der Waals surface area contributed by atoms with Gasteiger partial charge in [-0.25, -0.2) is 4.98 Å². The number of hydrogen-bond donors (Lipinski definition) is 3. The average molecular weight is 209 g/mol. The first-order valence-corrected chi connectivity index (χ1v) is 5.20. The van der Waals surface area contributed by atoms with Crippen LogP contribution >= 0.6 is 0 Å². The lowest BCUT2D eigenvalue weighted by Gasteiger charge is -2.13. The molecule has 1 unspecified atom stereocenters. The van der Waals surface area contributed by atoms with E-state index in [1.165, 1.54) is 0 Å². The Labute approximate surface area is 90.5 Å². The van der Waals surface area contributed by atoms with Crippen LogP contribution in [0.1, 0.15) is 18.9 Å². The van der Waals surface area contributed by atoms with E-state index in [4.69, 9.17) is 10.8 Å². The van der Waals surface area contributed by atoms with E-state index < -0.39 is 0 Å². The molecule has 0 aromatic carbocycles. The lowest BCUT2D eigenvalue weighted by molar-refractivity contribution is 0.266. The number of aliphatic hydroxyl groups is 1. The van der Waals surface area contributed by atoms with Crippen LogP contribution < -0.4 is 11.1 Å². The van der Waals surface area contributed by atoms with Crippen LogP contribution in [0.5, 0.6) is 0 Å². The minimum Gasteiger partial charge on any atom is -0.397 e. The van der Waals surface area contributed by atoms with Crippen LogP contribution in [0.3, 0.4) is 0 Å². The summed E-state index contributed by atoms with van der Waals surface area (Å²) < 4.78 is 0. The number of rotatable bonds is 5. The molecule has 1 atom stereocenters. The van der Waals surface area contributed by atoms with Crippen LogP contribution in [0.4, 0.5) is 11.5 Å². The fourth-order valence-corrected chi connectivity index (χ4v) is 1.37. The third-order valence-electron chi connectivity index (χ3n) is 2.34. The summed E-state index contributed by atoms with van der Waals surface area (Å²) in [5.41, 5.74) is 7.34. The predicted molar refractivity (Wildman–Crippen MR) is 62.7 cm³/mol. The van der Waals surface area contributed by atoms with E-state index in [0.29, 0.717) is 11.6 Å². The van der Waals surface area contributed by atoms with Gasteiger partial charge in [0.15, 0.2) is 0 Å². The molecule has 0 fully saturated rings. The predicted octanol–water partition coefficient (Wildman–Crippen LogP) is 1.40. The Balaban J connectivity index is 2.50. The average Bonchev–Trinajstić information content (AvgIpc) is 2.17. The minimum absolute atomic E-state index is 0.233. The second-order valence-electron chi connectivity index (χ2n) is 3.93. The van der Waals surface area contributed by atoms with Crippen molar-refractivity contribution in [2.75, 3.05) is 24.2 Å². The molecule has 4 heteroatoms. The highest BCUT2D eigenvalue weighted by molar-refractivity contribution is 5.50. The molecule has 15 heavy (non-hydrogen) atoms. The fourth-order valence-electron chi connectivity index (χ4n) is 1.37. The van der Waals surface area contributed by atoms with Crippen molar-refractivity contribution in [1.82, 2.24) is 4.98 Å². The van der Waals surface area contributed by atoms with Crippen molar-refractivity contribution >= 4 is 11.5 Å². The number of hydrogen-bond acceptors (Lipinski definition) is 4. The van der Waals surface area contributed by atoms with Gasteiger partial charge in [0.25, 0.3) is 0 Å². The van der Waals surface area contributed by atoms with Gasteiger partial charge < -0.3 is 16.2 Å². The lowest BCUT2D eigenvalue weighted by atomic mass is 10.1. The molecule has 4 N–H and O–H groups in total. The van der Waals surface area contributed by atoms with Crippen LogP contribution in [0.15, 0.2) is 12.3 Å². The summed E-state index contributed by atoms with van der Waals surface area (Å²) >= 11 is 0. The highest BCUT2D eigenvalue weighted by atomic mass is 16.3. The van der Waals surface area contributed by atoms with Crippen molar-refractivity contribution < 1.29 is 5.11 Å². The molecular formula is C11H19N3O. The number of aliphatic hydroxyl groups excluding tert-OH is 1. The van der Waals surface area contributed by atoms with Crippen molar-refractivity contribution in [2.24, 2.45) is 5.92 Å². The number of nitrogens with two attached hydrogens (primary N) is 1. The Morgan fingerprint density at radius 1 is 1.60 bits per heavy atom. The smallest absolute Gasteiger partial charge is 0.129 e. The van der Waals surface area contributed by atoms with E-state index in [1.54, 1.807) is 6.20 Å². The highest BCUT2D eigenvalue weighted by Crippen LogP contribution is 2.14. The topological polar surface area (TPSA) is 71.2 Å². The SMILES string of the molecule is Cc1cc(N)cnc1NCC(C)CCO. The number of pyridine rings is 1. The Kier molecular flexibility index (Phi) is 4.37. The van der Waals surface area contributed by atoms with Gasteiger partial charge in [-0.2, -0.15) is 0 Å². The second-order valence-corrected chi connectivity index (χ2v) is 3.93. The molecule has 1 rings (SSSR count). The largest absolute Gasteiger partial charge is 0.397 e. The Morgan fingerprint density at radius 3 is 2.93 bits per heavy atom. The van der Waals surface area contributed by atoms with Crippen molar-refractivity contribution in [3.63, 3.8) is 0 Å². The van der Waals surface area contributed by atoms with E-state index in [-0.39, 0.29) is 6.61 Å². The first-order valence-electron chi connectivity index (χ1n) is 5.20. The summed E-state index contributed by atoms with van der Waals surface area (Å²) in [7, 11) is 0. The number of anilines is 2. The monoisotopic (exact) mass is 209 g/mol. The summed E-state index contributed by atoms with van der Waals surface area (Å²) in [5, 5.41) is 12.0. The van der Waals surface area contributed by atoms with Gasteiger partial charge in [0.05, 0.1) is 11.9 Å². The molecule has 0 aliphatic heterocycles. The molecule has 4 nitrogen and oxygen atoms in total. The van der Waals surface area contributed by atoms with E-state index in [1.807, 2.05) is 13.0 Å². The normalized spacial score (nSPS) is 12.5. The molecule has 0 saturated carbocycles. The van der Waals surface area contributed by atoms with E-state index in [9.17, 15) is 0 Å². The van der Waals surface area contributed by atoms with Crippen molar-refractivity contribution in [2.45, 2.75) is 20.3 Å². The first kappa shape index (κ1) is 11.8. The number of nitrogens with one attached hydrogen (secondary N) is 1. The van der Waals surface area contributed by atoms with E-state index in [0.717, 1.165) is 24.3 Å². The van der Waals surface area contributed by atoms with E-state index in [2.05, 4.69) is 17.2 Å². The highest BCUT2D eigenvalue weighted by Gasteiger charge is 2.03. The zero-order valence-corrected chi connectivity index (χ0v) is 9.33. The summed E-state index contributed by atoms with van der Waals surface area (Å²) in [6, 6.07) is 1.89. The molecule has 1 heterocycles. The molecule has 0 radical (unpaired) electrons. The molecule has 0 saturated heterocycles. The zero-order chi connectivity index (χ0) is 11.3. The lowest BCUT2D eigenvalue weighted by Crippen LogP contribution is -2.14. The summed E-state index contributed by atoms with van der Waals surface area (Å²) in [5.74, 6) is 1.31. The molecule has 0 spiro atoms. The molecule has 0 amide bonds. The molecular weight excluding hydrogens is 190 g/mol. The molecule has 0 bridgehead atoms. The van der Waals surface area contributed by atoms with Crippen LogP contribution in [-0.4, -0.2) is 23.2 Å². The maximum absolute atomic E-state index is 8.76. The van der Waals surface area contributed by atoms with Crippen molar-refractivity contribution in [3.8, 4) is 0 Å². The van der Waals surface area contributed by atoms with Crippen LogP contribution in [-0.2, 0) is 0 Å².